The van der Waals surface area contributed by atoms with Crippen LogP contribution in [0.5, 0.6) is 0 Å². The summed E-state index contributed by atoms with van der Waals surface area (Å²) in [5, 5.41) is 3.47. The van der Waals surface area contributed by atoms with Crippen molar-refractivity contribution in [1.29, 1.82) is 0 Å². The van der Waals surface area contributed by atoms with E-state index in [4.69, 9.17) is 0 Å². The average molecular weight is 254 g/mol. The molecule has 106 valence electrons. The Hall–Kier alpha value is -0.570. The number of amides is 1. The van der Waals surface area contributed by atoms with E-state index < -0.39 is 0 Å². The molecule has 1 fully saturated rings. The maximum atomic E-state index is 12.3. The summed E-state index contributed by atoms with van der Waals surface area (Å²) in [4.78, 5) is 14.3. The van der Waals surface area contributed by atoms with Crippen molar-refractivity contribution in [3.8, 4) is 0 Å². The van der Waals surface area contributed by atoms with Crippen LogP contribution in [0, 0.1) is 11.3 Å². The highest BCUT2D eigenvalue weighted by atomic mass is 16.2. The number of hydrogen-bond donors (Lipinski definition) is 1. The first kappa shape index (κ1) is 15.5. The van der Waals surface area contributed by atoms with Gasteiger partial charge in [-0.05, 0) is 37.6 Å². The normalized spacial score (nSPS) is 21.9. The van der Waals surface area contributed by atoms with Gasteiger partial charge in [-0.2, -0.15) is 0 Å². The lowest BCUT2D eigenvalue weighted by Crippen LogP contribution is -2.42. The molecule has 1 aliphatic rings. The van der Waals surface area contributed by atoms with Gasteiger partial charge in [0.15, 0.2) is 0 Å². The maximum absolute atomic E-state index is 12.3. The zero-order valence-electron chi connectivity index (χ0n) is 12.8. The van der Waals surface area contributed by atoms with Crippen molar-refractivity contribution in [3.05, 3.63) is 0 Å². The van der Waals surface area contributed by atoms with Gasteiger partial charge in [0.2, 0.25) is 5.91 Å². The van der Waals surface area contributed by atoms with Crippen molar-refractivity contribution in [3.63, 3.8) is 0 Å². The number of hydrogen-bond acceptors (Lipinski definition) is 2. The Kier molecular flexibility index (Phi) is 5.64. The third-order valence-corrected chi connectivity index (χ3v) is 4.30. The molecule has 18 heavy (non-hydrogen) atoms. The first-order chi connectivity index (χ1) is 8.34. The summed E-state index contributed by atoms with van der Waals surface area (Å²) in [6.07, 6.45) is 3.12. The molecular formula is C15H30N2O. The third kappa shape index (κ3) is 4.60. The molecule has 1 aliphatic heterocycles. The molecular weight excluding hydrogens is 224 g/mol. The minimum absolute atomic E-state index is 0.209. The molecule has 0 aromatic carbocycles. The fourth-order valence-corrected chi connectivity index (χ4v) is 2.28. The van der Waals surface area contributed by atoms with Crippen LogP contribution in [0.2, 0.25) is 0 Å². The zero-order chi connectivity index (χ0) is 13.8. The van der Waals surface area contributed by atoms with Crippen LogP contribution in [0.4, 0.5) is 0 Å². The number of carbonyl (C=O) groups is 1. The van der Waals surface area contributed by atoms with Gasteiger partial charge in [0, 0.05) is 25.6 Å². The predicted octanol–water partition coefficient (Wildman–Crippen LogP) is 2.66. The highest BCUT2D eigenvalue weighted by molar-refractivity contribution is 5.76. The van der Waals surface area contributed by atoms with Crippen LogP contribution in [0.1, 0.15) is 53.9 Å². The van der Waals surface area contributed by atoms with Crippen LogP contribution in [-0.4, -0.2) is 36.5 Å². The Morgan fingerprint density at radius 2 is 2.11 bits per heavy atom. The van der Waals surface area contributed by atoms with Gasteiger partial charge in [0.25, 0.3) is 0 Å². The monoisotopic (exact) mass is 254 g/mol. The number of nitrogens with one attached hydrogen (secondary N) is 1. The molecule has 0 aromatic heterocycles. The quantitative estimate of drug-likeness (QED) is 0.818. The molecule has 0 saturated carbocycles. The number of likely N-dealkylation sites (N-methyl/N-ethyl adjacent to an activating group) is 1. The second kappa shape index (κ2) is 6.55. The van der Waals surface area contributed by atoms with E-state index in [0.717, 1.165) is 19.6 Å². The lowest BCUT2D eigenvalue weighted by Gasteiger charge is -2.30. The van der Waals surface area contributed by atoms with E-state index in [9.17, 15) is 4.79 Å². The van der Waals surface area contributed by atoms with Crippen LogP contribution in [-0.2, 0) is 4.79 Å². The van der Waals surface area contributed by atoms with Crippen LogP contribution in [0.3, 0.4) is 0 Å². The Labute approximate surface area is 112 Å². The molecule has 1 heterocycles. The number of nitrogens with zero attached hydrogens (tertiary/aromatic N) is 1. The SMILES string of the molecule is CCN(CC1CCCN1)C(=O)CC(C)C(C)(C)C. The highest BCUT2D eigenvalue weighted by Crippen LogP contribution is 2.28. The minimum Gasteiger partial charge on any atom is -0.341 e. The fourth-order valence-electron chi connectivity index (χ4n) is 2.28. The topological polar surface area (TPSA) is 32.3 Å². The fraction of sp³-hybridized carbons (Fsp3) is 0.933. The molecule has 1 saturated heterocycles. The summed E-state index contributed by atoms with van der Waals surface area (Å²) in [6.45, 7) is 13.7. The van der Waals surface area contributed by atoms with Crippen molar-refractivity contribution in [2.75, 3.05) is 19.6 Å². The molecule has 1 amide bonds. The van der Waals surface area contributed by atoms with Crippen molar-refractivity contribution < 1.29 is 4.79 Å². The standard InChI is InChI=1S/C15H30N2O/c1-6-17(11-13-8-7-9-16-13)14(18)10-12(2)15(3,4)5/h12-13,16H,6-11H2,1-5H3. The molecule has 2 atom stereocenters. The second-order valence-corrected chi connectivity index (χ2v) is 6.70. The van der Waals surface area contributed by atoms with Gasteiger partial charge in [-0.3, -0.25) is 4.79 Å². The maximum Gasteiger partial charge on any atom is 0.222 e. The molecule has 1 N–H and O–H groups in total. The van der Waals surface area contributed by atoms with Gasteiger partial charge < -0.3 is 10.2 Å². The van der Waals surface area contributed by atoms with Gasteiger partial charge in [-0.25, -0.2) is 0 Å². The zero-order valence-corrected chi connectivity index (χ0v) is 12.8. The first-order valence-corrected chi connectivity index (χ1v) is 7.35. The minimum atomic E-state index is 0.209. The van der Waals surface area contributed by atoms with E-state index >= 15 is 0 Å². The summed E-state index contributed by atoms with van der Waals surface area (Å²) in [5.41, 5.74) is 0.209. The van der Waals surface area contributed by atoms with Gasteiger partial charge >= 0.3 is 0 Å². The van der Waals surface area contributed by atoms with E-state index in [1.54, 1.807) is 0 Å². The lowest BCUT2D eigenvalue weighted by atomic mass is 9.80. The number of rotatable bonds is 5. The predicted molar refractivity (Wildman–Crippen MR) is 76.5 cm³/mol. The van der Waals surface area contributed by atoms with Crippen molar-refractivity contribution in [1.82, 2.24) is 10.2 Å². The van der Waals surface area contributed by atoms with Crippen molar-refractivity contribution in [2.24, 2.45) is 11.3 Å². The average Bonchev–Trinajstić information content (AvgIpc) is 2.76. The second-order valence-electron chi connectivity index (χ2n) is 6.70. The Bertz CT molecular complexity index is 264. The molecule has 0 bridgehead atoms. The summed E-state index contributed by atoms with van der Waals surface area (Å²) >= 11 is 0. The van der Waals surface area contributed by atoms with Gasteiger partial charge in [0.05, 0.1) is 0 Å². The molecule has 0 radical (unpaired) electrons. The highest BCUT2D eigenvalue weighted by Gasteiger charge is 2.26. The Morgan fingerprint density at radius 1 is 1.44 bits per heavy atom. The Balaban J connectivity index is 2.46. The Morgan fingerprint density at radius 3 is 2.56 bits per heavy atom. The molecule has 1 rings (SSSR count). The van der Waals surface area contributed by atoms with Gasteiger partial charge in [0.1, 0.15) is 0 Å². The molecule has 0 aliphatic carbocycles. The summed E-state index contributed by atoms with van der Waals surface area (Å²) in [6, 6.07) is 0.513. The first-order valence-electron chi connectivity index (χ1n) is 7.35. The van der Waals surface area contributed by atoms with E-state index in [1.807, 2.05) is 4.90 Å². The van der Waals surface area contributed by atoms with E-state index in [2.05, 4.69) is 39.9 Å². The molecule has 2 unspecified atom stereocenters. The molecule has 3 heteroatoms. The summed E-state index contributed by atoms with van der Waals surface area (Å²) in [7, 11) is 0. The smallest absolute Gasteiger partial charge is 0.222 e. The lowest BCUT2D eigenvalue weighted by molar-refractivity contribution is -0.133. The van der Waals surface area contributed by atoms with Gasteiger partial charge in [-0.1, -0.05) is 27.7 Å². The van der Waals surface area contributed by atoms with E-state index in [-0.39, 0.29) is 5.41 Å². The molecule has 0 aromatic rings. The summed E-state index contributed by atoms with van der Waals surface area (Å²) < 4.78 is 0. The van der Waals surface area contributed by atoms with Crippen molar-refractivity contribution >= 4 is 5.91 Å². The van der Waals surface area contributed by atoms with Crippen molar-refractivity contribution in [2.45, 2.75) is 59.9 Å². The van der Waals surface area contributed by atoms with Gasteiger partial charge in [-0.15, -0.1) is 0 Å². The van der Waals surface area contributed by atoms with E-state index in [1.165, 1.54) is 12.8 Å². The molecule has 0 spiro atoms. The third-order valence-electron chi connectivity index (χ3n) is 4.30. The number of carbonyl (C=O) groups excluding carboxylic acids is 1. The largest absolute Gasteiger partial charge is 0.341 e. The summed E-state index contributed by atoms with van der Waals surface area (Å²) in [5.74, 6) is 0.740. The van der Waals surface area contributed by atoms with E-state index in [0.29, 0.717) is 24.3 Å². The van der Waals surface area contributed by atoms with Crippen LogP contribution < -0.4 is 5.32 Å². The van der Waals surface area contributed by atoms with Crippen LogP contribution in [0.25, 0.3) is 0 Å². The van der Waals surface area contributed by atoms with Crippen LogP contribution >= 0.6 is 0 Å². The van der Waals surface area contributed by atoms with Crippen LogP contribution in [0.15, 0.2) is 0 Å². The molecule has 3 nitrogen and oxygen atoms in total.